The molecule has 0 aliphatic heterocycles. The molecule has 0 heterocycles. The SMILES string of the molecule is [2H]c1cc([Si](c2c([2H])c([2H])c([2H])c([2H])c2[2H])(c2c([2H])c([2H])c([2H])c([2H])c2[2H])c2c([2H])c([2H])c([2H])c(O[B]O)c2[2H])c([2H])c([2H])c1[2H]. The van der Waals surface area contributed by atoms with Crippen molar-refractivity contribution in [2.75, 3.05) is 0 Å². The van der Waals surface area contributed by atoms with Gasteiger partial charge in [0.2, 0.25) is 0 Å². The van der Waals surface area contributed by atoms with Crippen LogP contribution in [0.3, 0.4) is 0 Å². The summed E-state index contributed by atoms with van der Waals surface area (Å²) in [5, 5.41) is 6.16. The van der Waals surface area contributed by atoms with E-state index >= 15 is 0 Å². The van der Waals surface area contributed by atoms with E-state index in [0.717, 1.165) is 6.07 Å². The first-order chi connectivity index (χ1) is 21.3. The first kappa shape index (κ1) is 6.76. The van der Waals surface area contributed by atoms with Crippen molar-refractivity contribution < 1.29 is 34.4 Å². The van der Waals surface area contributed by atoms with Crippen molar-refractivity contribution in [1.82, 2.24) is 0 Å². The van der Waals surface area contributed by atoms with Crippen molar-refractivity contribution in [3.05, 3.63) is 115 Å². The Bertz CT molecular complexity index is 1840. The van der Waals surface area contributed by atoms with Crippen LogP contribution in [0, 0.1) is 0 Å². The molecule has 1 N–H and O–H groups in total. The summed E-state index contributed by atoms with van der Waals surface area (Å²) in [5.41, 5.74) is 0. The van der Waals surface area contributed by atoms with Gasteiger partial charge >= 0.3 is 7.69 Å². The zero-order valence-corrected chi connectivity index (χ0v) is 15.0. The minimum absolute atomic E-state index is 0.0329. The molecule has 4 aromatic carbocycles. The number of benzene rings is 4. The van der Waals surface area contributed by atoms with Gasteiger partial charge in [-0.15, -0.1) is 0 Å². The molecule has 4 rings (SSSR count). The average molecular weight is 397 g/mol. The summed E-state index contributed by atoms with van der Waals surface area (Å²) in [4.78, 5) is 0. The first-order valence-corrected chi connectivity index (χ1v) is 9.78. The van der Waals surface area contributed by atoms with Crippen molar-refractivity contribution in [2.24, 2.45) is 0 Å². The summed E-state index contributed by atoms with van der Waals surface area (Å²) >= 11 is 0. The number of hydrogen-bond donors (Lipinski definition) is 1. The molecule has 0 bridgehead atoms. The van der Waals surface area contributed by atoms with Crippen molar-refractivity contribution in [2.45, 2.75) is 0 Å². The third kappa shape index (κ3) is 3.28. The summed E-state index contributed by atoms with van der Waals surface area (Å²) < 4.78 is 160. The molecular weight excluding hydrogens is 359 g/mol. The summed E-state index contributed by atoms with van der Waals surface area (Å²) in [7, 11) is -5.61. The van der Waals surface area contributed by atoms with E-state index in [0.29, 0.717) is 0 Å². The molecule has 2 nitrogen and oxygen atoms in total. The maximum atomic E-state index is 9.43. The van der Waals surface area contributed by atoms with Crippen LogP contribution in [0.15, 0.2) is 115 Å². The number of hydrogen-bond acceptors (Lipinski definition) is 2. The predicted octanol–water partition coefficient (Wildman–Crippen LogP) is 1.97. The molecule has 0 fully saturated rings. The molecule has 28 heavy (non-hydrogen) atoms. The van der Waals surface area contributed by atoms with Crippen molar-refractivity contribution in [1.29, 1.82) is 0 Å². The molecular formula is C24H20BO2Si. The largest absolute Gasteiger partial charge is 0.569 e. The molecule has 0 atom stereocenters. The van der Waals surface area contributed by atoms with Gasteiger partial charge in [-0.25, -0.2) is 0 Å². The van der Waals surface area contributed by atoms with E-state index in [4.69, 9.17) is 29.3 Å². The Morgan fingerprint density at radius 3 is 1.79 bits per heavy atom. The van der Waals surface area contributed by atoms with Crippen LogP contribution in [0.2, 0.25) is 0 Å². The number of rotatable bonds is 6. The fraction of sp³-hybridized carbons (Fsp3) is 0. The smallest absolute Gasteiger partial charge is 0.537 e. The summed E-state index contributed by atoms with van der Waals surface area (Å²) in [5.74, 6) is -0.907. The van der Waals surface area contributed by atoms with Gasteiger partial charge in [-0.3, -0.25) is 0 Å². The fourth-order valence-corrected chi connectivity index (χ4v) is 6.41. The van der Waals surface area contributed by atoms with Crippen molar-refractivity contribution >= 4 is 36.5 Å². The molecule has 0 aromatic heterocycles. The van der Waals surface area contributed by atoms with Gasteiger partial charge in [-0.1, -0.05) is 103 Å². The van der Waals surface area contributed by atoms with E-state index in [9.17, 15) is 5.02 Å². The van der Waals surface area contributed by atoms with Gasteiger partial charge in [0, 0.05) is 0 Å². The third-order valence-electron chi connectivity index (χ3n) is 3.85. The summed E-state index contributed by atoms with van der Waals surface area (Å²) in [6.07, 6.45) is 0. The van der Waals surface area contributed by atoms with E-state index < -0.39 is 143 Å². The molecule has 0 amide bonds. The second-order valence-corrected chi connectivity index (χ2v) is 8.79. The van der Waals surface area contributed by atoms with E-state index in [2.05, 4.69) is 0 Å². The zero-order chi connectivity index (χ0) is 34.9. The van der Waals surface area contributed by atoms with Crippen LogP contribution >= 0.6 is 0 Å². The van der Waals surface area contributed by atoms with Crippen molar-refractivity contribution in [3.63, 3.8) is 0 Å². The Morgan fingerprint density at radius 2 is 1.18 bits per heavy atom. The third-order valence-corrected chi connectivity index (χ3v) is 7.93. The lowest BCUT2D eigenvalue weighted by atomic mass is 10.3. The fourth-order valence-electron chi connectivity index (χ4n) is 2.76. The summed E-state index contributed by atoms with van der Waals surface area (Å²) in [6.45, 7) is 0. The minimum Gasteiger partial charge on any atom is -0.537 e. The van der Waals surface area contributed by atoms with Crippen LogP contribution in [0.4, 0.5) is 0 Å². The van der Waals surface area contributed by atoms with Crippen LogP contribution in [-0.4, -0.2) is 20.8 Å². The van der Waals surface area contributed by atoms with Crippen LogP contribution in [-0.2, 0) is 0 Å². The van der Waals surface area contributed by atoms with Gasteiger partial charge < -0.3 is 9.68 Å². The monoisotopic (exact) mass is 397 g/mol. The molecule has 4 heteroatoms. The second kappa shape index (κ2) is 8.30. The predicted molar refractivity (Wildman–Crippen MR) is 119 cm³/mol. The highest BCUT2D eigenvalue weighted by Gasteiger charge is 2.41. The zero-order valence-electron chi connectivity index (χ0n) is 32.0. The lowest BCUT2D eigenvalue weighted by molar-refractivity contribution is 0.454. The van der Waals surface area contributed by atoms with Crippen LogP contribution in [0.5, 0.6) is 5.75 Å². The van der Waals surface area contributed by atoms with Gasteiger partial charge in [-0.05, 0) is 32.8 Å². The lowest BCUT2D eigenvalue weighted by Crippen LogP contribution is -2.74. The van der Waals surface area contributed by atoms with E-state index in [1.54, 1.807) is 0 Å². The highest BCUT2D eigenvalue weighted by Crippen LogP contribution is 2.13. The van der Waals surface area contributed by atoms with Gasteiger partial charge in [-0.2, -0.15) is 0 Å². The molecule has 0 aliphatic rings. The Balaban J connectivity index is 2.65. The highest BCUT2D eigenvalue weighted by atomic mass is 28.3. The normalized spacial score (nSPS) is 20.0. The van der Waals surface area contributed by atoms with E-state index in [1.165, 1.54) is 0 Å². The first-order valence-electron chi connectivity index (χ1n) is 16.8. The van der Waals surface area contributed by atoms with E-state index in [-0.39, 0.29) is 7.69 Å². The van der Waals surface area contributed by atoms with Crippen LogP contribution in [0.25, 0.3) is 0 Å². The molecule has 0 saturated heterocycles. The Morgan fingerprint density at radius 1 is 0.643 bits per heavy atom. The highest BCUT2D eigenvalue weighted by molar-refractivity contribution is 7.19. The quantitative estimate of drug-likeness (QED) is 0.398. The maximum absolute atomic E-state index is 9.43. The molecule has 1 radical (unpaired) electrons. The molecule has 0 spiro atoms. The molecule has 0 unspecified atom stereocenters. The standard InChI is InChI=1S/C24H20BO2Si/c26-25-27-20-11-10-18-24(19-20)28(21-12-4-1-5-13-21,22-14-6-2-7-15-22)23-16-8-3-9-17-23/h1-19,26H/i1D,2D,3D,4D,5D,6D,7D,8D,9D,10D,11D,12D,13D,14D,15D,16D,18D,19D. The van der Waals surface area contributed by atoms with Crippen LogP contribution < -0.4 is 25.4 Å². The average Bonchev–Trinajstić information content (AvgIpc) is 3.02. The Kier molecular flexibility index (Phi) is 2.00. The van der Waals surface area contributed by atoms with Crippen LogP contribution in [0.1, 0.15) is 24.7 Å². The maximum Gasteiger partial charge on any atom is 0.569 e. The summed E-state index contributed by atoms with van der Waals surface area (Å²) in [6, 6.07) is -16.8. The van der Waals surface area contributed by atoms with Gasteiger partial charge in [0.25, 0.3) is 0 Å². The van der Waals surface area contributed by atoms with E-state index in [1.807, 2.05) is 0 Å². The topological polar surface area (TPSA) is 29.5 Å². The molecule has 135 valence electrons. The molecule has 0 aliphatic carbocycles. The Hall–Kier alpha value is -3.08. The lowest BCUT2D eigenvalue weighted by Gasteiger charge is -2.34. The second-order valence-electron chi connectivity index (χ2n) is 5.25. The van der Waals surface area contributed by atoms with Gasteiger partial charge in [0.05, 0.1) is 30.4 Å². The minimum atomic E-state index is -5.65. The molecule has 0 saturated carbocycles. The van der Waals surface area contributed by atoms with Gasteiger partial charge in [0.15, 0.2) is 8.07 Å². The molecule has 4 aromatic rings. The van der Waals surface area contributed by atoms with Gasteiger partial charge in [0.1, 0.15) is 0 Å². The van der Waals surface area contributed by atoms with Crippen molar-refractivity contribution in [3.8, 4) is 5.75 Å². The Labute approximate surface area is 192 Å².